The van der Waals surface area contributed by atoms with Crippen molar-refractivity contribution in [1.82, 2.24) is 19.9 Å². The Balaban J connectivity index is 0.000000186. The van der Waals surface area contributed by atoms with E-state index >= 15 is 0 Å². The molecule has 2 aromatic heterocycles. The smallest absolute Gasteiger partial charge is 0.129 e. The fourth-order valence-corrected chi connectivity index (χ4v) is 1.45. The van der Waals surface area contributed by atoms with Crippen LogP contribution in [0.15, 0.2) is 55.1 Å². The molecule has 3 aromatic rings. The van der Waals surface area contributed by atoms with Crippen molar-refractivity contribution in [3.05, 3.63) is 72.3 Å². The first-order valence-electron chi connectivity index (χ1n) is 6.03. The lowest BCUT2D eigenvalue weighted by Gasteiger charge is -1.89. The van der Waals surface area contributed by atoms with Gasteiger partial charge in [0.25, 0.3) is 0 Å². The van der Waals surface area contributed by atoms with E-state index in [1.54, 1.807) is 18.6 Å². The van der Waals surface area contributed by atoms with Crippen LogP contribution < -0.4 is 0 Å². The maximum atomic E-state index is 4.09. The Hall–Kier alpha value is -2.62. The third-order valence-corrected chi connectivity index (χ3v) is 2.39. The molecule has 0 spiro atoms. The molecule has 2 N–H and O–H groups in total. The van der Waals surface area contributed by atoms with Crippen molar-refractivity contribution in [1.29, 1.82) is 0 Å². The van der Waals surface area contributed by atoms with Crippen LogP contribution in [0.2, 0.25) is 0 Å². The molecule has 2 heterocycles. The number of nitrogens with zero attached hydrogens (tertiary/aromatic N) is 2. The van der Waals surface area contributed by atoms with E-state index in [1.807, 2.05) is 43.5 Å². The molecule has 4 heteroatoms. The highest BCUT2D eigenvalue weighted by Crippen LogP contribution is 2.03. The Kier molecular flexibility index (Phi) is 4.70. The van der Waals surface area contributed by atoms with Crippen LogP contribution in [0, 0.1) is 6.92 Å². The lowest BCUT2D eigenvalue weighted by atomic mass is 10.2. The van der Waals surface area contributed by atoms with Gasteiger partial charge in [0.05, 0.1) is 0 Å². The summed E-state index contributed by atoms with van der Waals surface area (Å²) in [4.78, 5) is 13.8. The summed E-state index contributed by atoms with van der Waals surface area (Å²) in [5.74, 6) is 1.85. The zero-order valence-corrected chi connectivity index (χ0v) is 10.7. The molecule has 0 aliphatic carbocycles. The van der Waals surface area contributed by atoms with Gasteiger partial charge in [0, 0.05) is 24.8 Å². The molecule has 0 aliphatic rings. The molecule has 0 bridgehead atoms. The molecule has 19 heavy (non-hydrogen) atoms. The second kappa shape index (κ2) is 6.96. The largest absolute Gasteiger partial charge is 0.349 e. The van der Waals surface area contributed by atoms with Gasteiger partial charge >= 0.3 is 0 Å². The molecule has 1 aromatic carbocycles. The van der Waals surface area contributed by atoms with E-state index in [0.29, 0.717) is 0 Å². The van der Waals surface area contributed by atoms with E-state index in [2.05, 4.69) is 32.1 Å². The summed E-state index contributed by atoms with van der Waals surface area (Å²) in [7, 11) is 0. The summed E-state index contributed by atoms with van der Waals surface area (Å²) in [6.45, 7) is 1.92. The number of benzene rings is 1. The monoisotopic (exact) mass is 252 g/mol. The van der Waals surface area contributed by atoms with Crippen LogP contribution in [0.5, 0.6) is 0 Å². The Morgan fingerprint density at radius 2 is 1.63 bits per heavy atom. The Morgan fingerprint density at radius 1 is 0.895 bits per heavy atom. The normalized spacial score (nSPS) is 10.2. The number of aromatic amines is 2. The number of imidazole rings is 2. The first-order chi connectivity index (χ1) is 9.34. The van der Waals surface area contributed by atoms with Crippen LogP contribution in [0.1, 0.15) is 17.2 Å². The Morgan fingerprint density at radius 3 is 2.16 bits per heavy atom. The molecular formula is C15H16N4. The minimum Gasteiger partial charge on any atom is -0.349 e. The van der Waals surface area contributed by atoms with Gasteiger partial charge in [-0.3, -0.25) is 0 Å². The van der Waals surface area contributed by atoms with E-state index < -0.39 is 0 Å². The average molecular weight is 252 g/mol. The van der Waals surface area contributed by atoms with Gasteiger partial charge in [-0.05, 0) is 18.6 Å². The van der Waals surface area contributed by atoms with Crippen LogP contribution in [0.4, 0.5) is 0 Å². The van der Waals surface area contributed by atoms with Gasteiger partial charge in [0.1, 0.15) is 11.6 Å². The molecule has 0 saturated carbocycles. The summed E-state index contributed by atoms with van der Waals surface area (Å²) in [6, 6.07) is 10.1. The molecule has 96 valence electrons. The fourth-order valence-electron chi connectivity index (χ4n) is 1.45. The molecule has 4 nitrogen and oxygen atoms in total. The van der Waals surface area contributed by atoms with Gasteiger partial charge in [0.2, 0.25) is 0 Å². The van der Waals surface area contributed by atoms with Gasteiger partial charge in [-0.25, -0.2) is 9.97 Å². The number of aromatic nitrogens is 4. The molecule has 0 amide bonds. The molecule has 0 aliphatic heterocycles. The van der Waals surface area contributed by atoms with Crippen LogP contribution in [0.25, 0.3) is 12.2 Å². The highest BCUT2D eigenvalue weighted by atomic mass is 14.9. The lowest BCUT2D eigenvalue weighted by Crippen LogP contribution is -1.73. The van der Waals surface area contributed by atoms with Crippen molar-refractivity contribution in [2.75, 3.05) is 0 Å². The molecule has 0 radical (unpaired) electrons. The van der Waals surface area contributed by atoms with Crippen molar-refractivity contribution < 1.29 is 0 Å². The Bertz CT molecular complexity index is 580. The van der Waals surface area contributed by atoms with Crippen molar-refractivity contribution in [2.45, 2.75) is 6.92 Å². The molecule has 0 unspecified atom stereocenters. The number of hydrogen-bond acceptors (Lipinski definition) is 2. The summed E-state index contributed by atoms with van der Waals surface area (Å²) in [5.41, 5.74) is 1.18. The number of H-pyrrole nitrogens is 2. The van der Waals surface area contributed by atoms with Crippen molar-refractivity contribution in [2.24, 2.45) is 0 Å². The number of hydrogen-bond donors (Lipinski definition) is 2. The van der Waals surface area contributed by atoms with Crippen LogP contribution >= 0.6 is 0 Å². The first kappa shape index (κ1) is 12.8. The third-order valence-electron chi connectivity index (χ3n) is 2.39. The first-order valence-corrected chi connectivity index (χ1v) is 6.03. The van der Waals surface area contributed by atoms with E-state index in [-0.39, 0.29) is 0 Å². The topological polar surface area (TPSA) is 57.4 Å². The molecule has 0 fully saturated rings. The highest BCUT2D eigenvalue weighted by molar-refractivity contribution is 5.66. The second-order valence-corrected chi connectivity index (χ2v) is 3.89. The van der Waals surface area contributed by atoms with Gasteiger partial charge in [-0.15, -0.1) is 0 Å². The number of aryl methyl sites for hydroxylation is 1. The molecular weight excluding hydrogens is 236 g/mol. The standard InChI is InChI=1S/C11H10N2.C4H6N2/c1-2-4-10(5-3-1)6-7-11-12-8-9-13-11;1-4-5-2-3-6-4/h1-9H,(H,12,13);2-3H,1H3,(H,5,6). The summed E-state index contributed by atoms with van der Waals surface area (Å²) in [6.07, 6.45) is 11.1. The maximum Gasteiger partial charge on any atom is 0.129 e. The molecule has 3 rings (SSSR count). The summed E-state index contributed by atoms with van der Waals surface area (Å²) < 4.78 is 0. The van der Waals surface area contributed by atoms with Crippen LogP contribution in [-0.4, -0.2) is 19.9 Å². The van der Waals surface area contributed by atoms with Crippen molar-refractivity contribution in [3.8, 4) is 0 Å². The summed E-state index contributed by atoms with van der Waals surface area (Å²) in [5, 5.41) is 0. The van der Waals surface area contributed by atoms with Gasteiger partial charge in [0.15, 0.2) is 0 Å². The van der Waals surface area contributed by atoms with E-state index in [1.165, 1.54) is 5.56 Å². The van der Waals surface area contributed by atoms with Crippen molar-refractivity contribution >= 4 is 12.2 Å². The van der Waals surface area contributed by atoms with Crippen LogP contribution in [-0.2, 0) is 0 Å². The van der Waals surface area contributed by atoms with E-state index in [4.69, 9.17) is 0 Å². The van der Waals surface area contributed by atoms with E-state index in [0.717, 1.165) is 11.6 Å². The second-order valence-electron chi connectivity index (χ2n) is 3.89. The lowest BCUT2D eigenvalue weighted by molar-refractivity contribution is 1.15. The number of nitrogens with one attached hydrogen (secondary N) is 2. The Labute approximate surface area is 112 Å². The maximum absolute atomic E-state index is 4.09. The zero-order valence-electron chi connectivity index (χ0n) is 10.7. The average Bonchev–Trinajstić information content (AvgIpc) is 3.11. The SMILES string of the molecule is C(=Cc1ncc[nH]1)c1ccccc1.Cc1ncc[nH]1. The number of rotatable bonds is 2. The fraction of sp³-hybridized carbons (Fsp3) is 0.0667. The zero-order chi connectivity index (χ0) is 13.3. The van der Waals surface area contributed by atoms with Gasteiger partial charge < -0.3 is 9.97 Å². The van der Waals surface area contributed by atoms with Crippen LogP contribution in [0.3, 0.4) is 0 Å². The predicted molar refractivity (Wildman–Crippen MR) is 77.3 cm³/mol. The predicted octanol–water partition coefficient (Wildman–Crippen LogP) is 3.30. The quantitative estimate of drug-likeness (QED) is 0.735. The summed E-state index contributed by atoms with van der Waals surface area (Å²) >= 11 is 0. The van der Waals surface area contributed by atoms with Gasteiger partial charge in [-0.1, -0.05) is 36.4 Å². The third kappa shape index (κ3) is 4.63. The van der Waals surface area contributed by atoms with Crippen molar-refractivity contribution in [3.63, 3.8) is 0 Å². The molecule has 0 saturated heterocycles. The minimum atomic E-state index is 0.879. The highest BCUT2D eigenvalue weighted by Gasteiger charge is 1.86. The van der Waals surface area contributed by atoms with E-state index in [9.17, 15) is 0 Å². The minimum absolute atomic E-state index is 0.879. The van der Waals surface area contributed by atoms with Gasteiger partial charge in [-0.2, -0.15) is 0 Å². The molecule has 0 atom stereocenters.